The topological polar surface area (TPSA) is 46.2 Å². The van der Waals surface area contributed by atoms with E-state index in [0.29, 0.717) is 25.2 Å². The Hall–Kier alpha value is -2.08. The Labute approximate surface area is 151 Å². The van der Waals surface area contributed by atoms with Gasteiger partial charge in [-0.3, -0.25) is 0 Å². The van der Waals surface area contributed by atoms with Gasteiger partial charge in [0.1, 0.15) is 0 Å². The van der Waals surface area contributed by atoms with Gasteiger partial charge < -0.3 is 23.7 Å². The fraction of sp³-hybridized carbons (Fsp3) is 0.429. The Morgan fingerprint density at radius 1 is 0.692 bits per heavy atom. The van der Waals surface area contributed by atoms with E-state index in [1.165, 1.54) is 16.7 Å². The molecule has 2 fully saturated rings. The molecule has 0 bridgehead atoms. The maximum atomic E-state index is 6.23. The molecule has 0 unspecified atom stereocenters. The van der Waals surface area contributed by atoms with Crippen LogP contribution < -0.4 is 9.47 Å². The standard InChI is InChI=1S/C21H20O5/c1-2-14-7-22-8-15(14)5-12(1)20-16-9-24-21(17(16)10-23-20)13-3-4-18-19(6-13)26-11-25-18/h1-6,16-17,20-21H,7-11H2/t16-,17-,20-,21+/m1/s1. The molecule has 0 spiro atoms. The Morgan fingerprint density at radius 2 is 1.38 bits per heavy atom. The van der Waals surface area contributed by atoms with Crippen molar-refractivity contribution in [1.29, 1.82) is 0 Å². The summed E-state index contributed by atoms with van der Waals surface area (Å²) in [5.41, 5.74) is 4.98. The quantitative estimate of drug-likeness (QED) is 0.828. The second-order valence-corrected chi connectivity index (χ2v) is 7.47. The zero-order valence-electron chi connectivity index (χ0n) is 14.4. The summed E-state index contributed by atoms with van der Waals surface area (Å²) in [5.74, 6) is 2.36. The van der Waals surface area contributed by atoms with Gasteiger partial charge in [-0.1, -0.05) is 24.3 Å². The van der Waals surface area contributed by atoms with Crippen LogP contribution in [0.4, 0.5) is 0 Å². The molecule has 0 aliphatic carbocycles. The van der Waals surface area contributed by atoms with Gasteiger partial charge in [0, 0.05) is 11.8 Å². The Kier molecular flexibility index (Phi) is 3.30. The summed E-state index contributed by atoms with van der Waals surface area (Å²) < 4.78 is 28.9. The van der Waals surface area contributed by atoms with Crippen molar-refractivity contribution in [1.82, 2.24) is 0 Å². The fourth-order valence-electron chi connectivity index (χ4n) is 4.69. The summed E-state index contributed by atoms with van der Waals surface area (Å²) in [6.45, 7) is 3.18. The van der Waals surface area contributed by atoms with Crippen LogP contribution in [0.2, 0.25) is 0 Å². The van der Waals surface area contributed by atoms with Crippen molar-refractivity contribution < 1.29 is 23.7 Å². The van der Waals surface area contributed by atoms with E-state index in [9.17, 15) is 0 Å². The molecular formula is C21H20O5. The highest BCUT2D eigenvalue weighted by atomic mass is 16.7. The second-order valence-electron chi connectivity index (χ2n) is 7.47. The van der Waals surface area contributed by atoms with E-state index >= 15 is 0 Å². The molecule has 2 aromatic rings. The lowest BCUT2D eigenvalue weighted by molar-refractivity contribution is 0.0192. The maximum Gasteiger partial charge on any atom is 0.231 e. The van der Waals surface area contributed by atoms with Crippen molar-refractivity contribution in [2.24, 2.45) is 11.8 Å². The highest BCUT2D eigenvalue weighted by Crippen LogP contribution is 2.51. The van der Waals surface area contributed by atoms with E-state index < -0.39 is 0 Å². The van der Waals surface area contributed by atoms with E-state index in [2.05, 4.69) is 30.3 Å². The summed E-state index contributed by atoms with van der Waals surface area (Å²) in [4.78, 5) is 0. The first-order chi connectivity index (χ1) is 12.9. The third-order valence-electron chi connectivity index (χ3n) is 6.06. The largest absolute Gasteiger partial charge is 0.454 e. The minimum absolute atomic E-state index is 0.0530. The van der Waals surface area contributed by atoms with Crippen LogP contribution in [0.15, 0.2) is 36.4 Å². The number of hydrogen-bond acceptors (Lipinski definition) is 5. The highest BCUT2D eigenvalue weighted by Gasteiger charge is 2.48. The molecule has 2 saturated heterocycles. The van der Waals surface area contributed by atoms with Crippen LogP contribution in [0.1, 0.15) is 34.5 Å². The van der Waals surface area contributed by atoms with Gasteiger partial charge in [-0.25, -0.2) is 0 Å². The van der Waals surface area contributed by atoms with Crippen molar-refractivity contribution in [2.75, 3.05) is 20.0 Å². The van der Waals surface area contributed by atoms with Crippen LogP contribution in [0, 0.1) is 11.8 Å². The molecule has 0 radical (unpaired) electrons. The van der Waals surface area contributed by atoms with Gasteiger partial charge in [0.05, 0.1) is 38.6 Å². The van der Waals surface area contributed by atoms with E-state index in [4.69, 9.17) is 23.7 Å². The van der Waals surface area contributed by atoms with Gasteiger partial charge in [0.2, 0.25) is 6.79 Å². The van der Waals surface area contributed by atoms with Gasteiger partial charge in [-0.15, -0.1) is 0 Å². The van der Waals surface area contributed by atoms with Crippen molar-refractivity contribution >= 4 is 0 Å². The van der Waals surface area contributed by atoms with Crippen LogP contribution in [0.3, 0.4) is 0 Å². The summed E-state index contributed by atoms with van der Waals surface area (Å²) in [6, 6.07) is 12.7. The molecule has 134 valence electrons. The first-order valence-corrected chi connectivity index (χ1v) is 9.19. The number of benzene rings is 2. The van der Waals surface area contributed by atoms with Crippen molar-refractivity contribution in [3.8, 4) is 11.5 Å². The van der Waals surface area contributed by atoms with E-state index in [0.717, 1.165) is 36.9 Å². The molecule has 0 aromatic heterocycles. The van der Waals surface area contributed by atoms with E-state index in [1.807, 2.05) is 6.07 Å². The van der Waals surface area contributed by atoms with E-state index in [-0.39, 0.29) is 12.2 Å². The molecule has 4 heterocycles. The van der Waals surface area contributed by atoms with E-state index in [1.54, 1.807) is 0 Å². The molecule has 26 heavy (non-hydrogen) atoms. The molecule has 5 heteroatoms. The monoisotopic (exact) mass is 352 g/mol. The molecule has 5 nitrogen and oxygen atoms in total. The predicted molar refractivity (Wildman–Crippen MR) is 91.9 cm³/mol. The number of fused-ring (bicyclic) bond motifs is 3. The summed E-state index contributed by atoms with van der Waals surface area (Å²) in [6.07, 6.45) is 0.155. The molecule has 4 aliphatic heterocycles. The number of hydrogen-bond donors (Lipinski definition) is 0. The normalized spacial score (nSPS) is 31.2. The number of rotatable bonds is 2. The minimum Gasteiger partial charge on any atom is -0.454 e. The fourth-order valence-corrected chi connectivity index (χ4v) is 4.69. The number of ether oxygens (including phenoxy) is 5. The minimum atomic E-state index is 0.0530. The second kappa shape index (κ2) is 5.71. The Bertz CT molecular complexity index is 792. The SMILES string of the molecule is c1cc2c(cc1[C@H]1OC[C@@H]3[C@H]1CO[C@H]3c1ccc3c(c1)OCO3)COC2. The molecule has 4 atom stereocenters. The lowest BCUT2D eigenvalue weighted by atomic mass is 9.84. The first kappa shape index (κ1) is 15.0. The molecule has 4 aliphatic rings. The van der Waals surface area contributed by atoms with Crippen LogP contribution in [-0.2, 0) is 27.4 Å². The van der Waals surface area contributed by atoms with Gasteiger partial charge in [0.15, 0.2) is 11.5 Å². The van der Waals surface area contributed by atoms with Gasteiger partial charge >= 0.3 is 0 Å². The third-order valence-corrected chi connectivity index (χ3v) is 6.06. The smallest absolute Gasteiger partial charge is 0.231 e. The maximum absolute atomic E-state index is 6.23. The summed E-state index contributed by atoms with van der Waals surface area (Å²) in [5, 5.41) is 0. The Morgan fingerprint density at radius 3 is 2.23 bits per heavy atom. The van der Waals surface area contributed by atoms with Gasteiger partial charge in [-0.2, -0.15) is 0 Å². The van der Waals surface area contributed by atoms with Crippen LogP contribution in [0.5, 0.6) is 11.5 Å². The molecule has 0 amide bonds. The molecule has 0 N–H and O–H groups in total. The molecular weight excluding hydrogens is 332 g/mol. The molecule has 2 aromatic carbocycles. The van der Waals surface area contributed by atoms with Gasteiger partial charge in [0.25, 0.3) is 0 Å². The van der Waals surface area contributed by atoms with Crippen molar-refractivity contribution in [2.45, 2.75) is 25.4 Å². The van der Waals surface area contributed by atoms with Gasteiger partial charge in [-0.05, 0) is 34.4 Å². The Balaban J connectivity index is 1.27. The zero-order chi connectivity index (χ0) is 17.1. The van der Waals surface area contributed by atoms with Crippen LogP contribution in [-0.4, -0.2) is 20.0 Å². The zero-order valence-corrected chi connectivity index (χ0v) is 14.4. The average molecular weight is 352 g/mol. The summed E-state index contributed by atoms with van der Waals surface area (Å²) >= 11 is 0. The molecule has 6 rings (SSSR count). The highest BCUT2D eigenvalue weighted by molar-refractivity contribution is 5.45. The third kappa shape index (κ3) is 2.21. The van der Waals surface area contributed by atoms with Crippen LogP contribution >= 0.6 is 0 Å². The lowest BCUT2D eigenvalue weighted by Gasteiger charge is -2.17. The average Bonchev–Trinajstić information content (AvgIpc) is 3.42. The predicted octanol–water partition coefficient (Wildman–Crippen LogP) is 3.52. The lowest BCUT2D eigenvalue weighted by Crippen LogP contribution is -2.14. The van der Waals surface area contributed by atoms with Crippen LogP contribution in [0.25, 0.3) is 0 Å². The molecule has 0 saturated carbocycles. The van der Waals surface area contributed by atoms with Crippen molar-refractivity contribution in [3.05, 3.63) is 58.7 Å². The van der Waals surface area contributed by atoms with Crippen molar-refractivity contribution in [3.63, 3.8) is 0 Å². The first-order valence-electron chi connectivity index (χ1n) is 9.19. The summed E-state index contributed by atoms with van der Waals surface area (Å²) in [7, 11) is 0.